The molecule has 2 rings (SSSR count). The molecule has 0 aliphatic rings. The highest BCUT2D eigenvalue weighted by Gasteiger charge is 2.30. The Bertz CT molecular complexity index is 566. The molecule has 0 saturated heterocycles. The van der Waals surface area contributed by atoms with Crippen molar-refractivity contribution in [3.05, 3.63) is 39.3 Å². The van der Waals surface area contributed by atoms with Gasteiger partial charge in [-0.15, -0.1) is 11.3 Å². The maximum atomic E-state index is 12.6. The van der Waals surface area contributed by atoms with Gasteiger partial charge in [-0.3, -0.25) is 0 Å². The minimum absolute atomic E-state index is 0.409. The van der Waals surface area contributed by atoms with Crippen molar-refractivity contribution in [1.29, 1.82) is 0 Å². The van der Waals surface area contributed by atoms with Crippen LogP contribution in [0, 0.1) is 6.92 Å². The standard InChI is InChI=1S/C11H8BrF3N2S/c1-6-2-3-7(11(13,14)15)4-8(6)16-10-17-9(12)5-18-10/h2-5H,1H3,(H,16,17). The number of alkyl halides is 3. The first-order chi connectivity index (χ1) is 8.36. The van der Waals surface area contributed by atoms with E-state index in [9.17, 15) is 13.2 Å². The van der Waals surface area contributed by atoms with Gasteiger partial charge in [-0.1, -0.05) is 6.07 Å². The van der Waals surface area contributed by atoms with Crippen molar-refractivity contribution in [3.8, 4) is 0 Å². The molecule has 1 aromatic carbocycles. The van der Waals surface area contributed by atoms with Crippen molar-refractivity contribution in [3.63, 3.8) is 0 Å². The number of aromatic nitrogens is 1. The van der Waals surface area contributed by atoms with E-state index in [2.05, 4.69) is 26.2 Å². The van der Waals surface area contributed by atoms with E-state index in [1.54, 1.807) is 12.3 Å². The molecule has 0 saturated carbocycles. The molecule has 0 aliphatic heterocycles. The van der Waals surface area contributed by atoms with Gasteiger partial charge in [-0.05, 0) is 40.5 Å². The van der Waals surface area contributed by atoms with Gasteiger partial charge >= 0.3 is 6.18 Å². The van der Waals surface area contributed by atoms with Gasteiger partial charge in [0, 0.05) is 11.1 Å². The number of anilines is 2. The second kappa shape index (κ2) is 4.89. The second-order valence-electron chi connectivity index (χ2n) is 3.63. The first-order valence-electron chi connectivity index (χ1n) is 4.92. The zero-order chi connectivity index (χ0) is 13.3. The van der Waals surface area contributed by atoms with Gasteiger partial charge in [0.15, 0.2) is 5.13 Å². The molecule has 0 amide bonds. The monoisotopic (exact) mass is 336 g/mol. The molecule has 0 aliphatic carbocycles. The minimum atomic E-state index is -4.34. The Morgan fingerprint density at radius 3 is 2.61 bits per heavy atom. The van der Waals surface area contributed by atoms with E-state index in [0.29, 0.717) is 15.4 Å². The first-order valence-corrected chi connectivity index (χ1v) is 6.59. The van der Waals surface area contributed by atoms with Crippen LogP contribution < -0.4 is 5.32 Å². The van der Waals surface area contributed by atoms with Crippen LogP contribution in [0.2, 0.25) is 0 Å². The summed E-state index contributed by atoms with van der Waals surface area (Å²) in [5.74, 6) is 0. The molecule has 96 valence electrons. The number of nitrogens with zero attached hydrogens (tertiary/aromatic N) is 1. The van der Waals surface area contributed by atoms with Crippen molar-refractivity contribution >= 4 is 38.1 Å². The SMILES string of the molecule is Cc1ccc(C(F)(F)F)cc1Nc1nc(Br)cs1. The largest absolute Gasteiger partial charge is 0.416 e. The second-order valence-corrected chi connectivity index (χ2v) is 5.30. The smallest absolute Gasteiger partial charge is 0.331 e. The number of thiazole rings is 1. The first kappa shape index (κ1) is 13.4. The zero-order valence-corrected chi connectivity index (χ0v) is 11.6. The number of hydrogen-bond acceptors (Lipinski definition) is 3. The minimum Gasteiger partial charge on any atom is -0.331 e. The third-order valence-corrected chi connectivity index (χ3v) is 3.75. The van der Waals surface area contributed by atoms with Crippen molar-refractivity contribution in [2.24, 2.45) is 0 Å². The van der Waals surface area contributed by atoms with Gasteiger partial charge in [0.25, 0.3) is 0 Å². The van der Waals surface area contributed by atoms with E-state index < -0.39 is 11.7 Å². The quantitative estimate of drug-likeness (QED) is 0.836. The summed E-state index contributed by atoms with van der Waals surface area (Å²) in [5.41, 5.74) is 0.465. The Balaban J connectivity index is 2.32. The van der Waals surface area contributed by atoms with Crippen LogP contribution in [0.3, 0.4) is 0 Å². The fourth-order valence-corrected chi connectivity index (χ4v) is 2.52. The van der Waals surface area contributed by atoms with Crippen molar-refractivity contribution < 1.29 is 13.2 Å². The summed E-state index contributed by atoms with van der Waals surface area (Å²) in [6.07, 6.45) is -4.34. The summed E-state index contributed by atoms with van der Waals surface area (Å²) in [5, 5.41) is 5.18. The maximum Gasteiger partial charge on any atom is 0.416 e. The van der Waals surface area contributed by atoms with Crippen LogP contribution in [0.5, 0.6) is 0 Å². The molecule has 2 aromatic rings. The van der Waals surface area contributed by atoms with Gasteiger partial charge in [0.2, 0.25) is 0 Å². The average Bonchev–Trinajstić information content (AvgIpc) is 2.66. The van der Waals surface area contributed by atoms with Crippen LogP contribution >= 0.6 is 27.3 Å². The Morgan fingerprint density at radius 1 is 1.33 bits per heavy atom. The highest BCUT2D eigenvalue weighted by Crippen LogP contribution is 2.33. The van der Waals surface area contributed by atoms with E-state index in [1.165, 1.54) is 17.4 Å². The van der Waals surface area contributed by atoms with Gasteiger partial charge in [0.1, 0.15) is 4.60 Å². The van der Waals surface area contributed by atoms with Crippen LogP contribution in [0.4, 0.5) is 24.0 Å². The normalized spacial score (nSPS) is 11.6. The summed E-state index contributed by atoms with van der Waals surface area (Å²) >= 11 is 4.51. The molecule has 0 radical (unpaired) electrons. The molecule has 0 atom stereocenters. The molecule has 0 spiro atoms. The Morgan fingerprint density at radius 2 is 2.06 bits per heavy atom. The molecule has 1 aromatic heterocycles. The van der Waals surface area contributed by atoms with E-state index in [0.717, 1.165) is 17.7 Å². The molecule has 7 heteroatoms. The summed E-state index contributed by atoms with van der Waals surface area (Å²) in [6.45, 7) is 1.74. The molecule has 18 heavy (non-hydrogen) atoms. The summed E-state index contributed by atoms with van der Waals surface area (Å²) in [7, 11) is 0. The Kier molecular flexibility index (Phi) is 3.63. The molecular formula is C11H8BrF3N2S. The molecule has 1 N–H and O–H groups in total. The molecule has 0 bridgehead atoms. The van der Waals surface area contributed by atoms with Gasteiger partial charge < -0.3 is 5.32 Å². The predicted octanol–water partition coefficient (Wildman–Crippen LogP) is 4.98. The van der Waals surface area contributed by atoms with Crippen molar-refractivity contribution in [2.45, 2.75) is 13.1 Å². The van der Waals surface area contributed by atoms with Gasteiger partial charge in [-0.25, -0.2) is 4.98 Å². The van der Waals surface area contributed by atoms with Gasteiger partial charge in [0.05, 0.1) is 5.56 Å². The third-order valence-electron chi connectivity index (χ3n) is 2.28. The number of hydrogen-bond donors (Lipinski definition) is 1. The lowest BCUT2D eigenvalue weighted by molar-refractivity contribution is -0.137. The number of aryl methyl sites for hydroxylation is 1. The molecule has 2 nitrogen and oxygen atoms in total. The lowest BCUT2D eigenvalue weighted by Crippen LogP contribution is -2.06. The van der Waals surface area contributed by atoms with Crippen molar-refractivity contribution in [1.82, 2.24) is 4.98 Å². The summed E-state index contributed by atoms with van der Waals surface area (Å²) in [4.78, 5) is 4.08. The van der Waals surface area contributed by atoms with Crippen LogP contribution in [-0.4, -0.2) is 4.98 Å². The lowest BCUT2D eigenvalue weighted by atomic mass is 10.1. The Labute approximate surface area is 114 Å². The number of nitrogens with one attached hydrogen (secondary N) is 1. The maximum absolute atomic E-state index is 12.6. The summed E-state index contributed by atoms with van der Waals surface area (Å²) in [6, 6.07) is 3.59. The van der Waals surface area contributed by atoms with Crippen molar-refractivity contribution in [2.75, 3.05) is 5.32 Å². The van der Waals surface area contributed by atoms with E-state index >= 15 is 0 Å². The fraction of sp³-hybridized carbons (Fsp3) is 0.182. The van der Waals surface area contributed by atoms with E-state index in [4.69, 9.17) is 0 Å². The lowest BCUT2D eigenvalue weighted by Gasteiger charge is -2.11. The molecule has 1 heterocycles. The zero-order valence-electron chi connectivity index (χ0n) is 9.18. The topological polar surface area (TPSA) is 24.9 Å². The number of benzene rings is 1. The average molecular weight is 337 g/mol. The van der Waals surface area contributed by atoms with Crippen LogP contribution in [0.25, 0.3) is 0 Å². The Hall–Kier alpha value is -1.08. The molecular weight excluding hydrogens is 329 g/mol. The third kappa shape index (κ3) is 3.02. The fourth-order valence-electron chi connectivity index (χ4n) is 1.36. The molecule has 0 fully saturated rings. The highest BCUT2D eigenvalue weighted by molar-refractivity contribution is 9.10. The van der Waals surface area contributed by atoms with Gasteiger partial charge in [-0.2, -0.15) is 13.2 Å². The number of halogens is 4. The van der Waals surface area contributed by atoms with Crippen LogP contribution in [0.15, 0.2) is 28.2 Å². The summed E-state index contributed by atoms with van der Waals surface area (Å²) < 4.78 is 38.4. The number of rotatable bonds is 2. The highest BCUT2D eigenvalue weighted by atomic mass is 79.9. The van der Waals surface area contributed by atoms with Crippen LogP contribution in [0.1, 0.15) is 11.1 Å². The van der Waals surface area contributed by atoms with E-state index in [1.807, 2.05) is 0 Å². The predicted molar refractivity (Wildman–Crippen MR) is 69.3 cm³/mol. The van der Waals surface area contributed by atoms with E-state index in [-0.39, 0.29) is 0 Å². The van der Waals surface area contributed by atoms with Crippen LogP contribution in [-0.2, 0) is 6.18 Å². The molecule has 0 unspecified atom stereocenters.